The summed E-state index contributed by atoms with van der Waals surface area (Å²) in [6, 6.07) is 10.4. The van der Waals surface area contributed by atoms with Gasteiger partial charge in [0.25, 0.3) is 0 Å². The van der Waals surface area contributed by atoms with E-state index < -0.39 is 5.97 Å². The number of rotatable bonds is 7. The highest BCUT2D eigenvalue weighted by Gasteiger charge is 2.20. The van der Waals surface area contributed by atoms with E-state index in [1.54, 1.807) is 37.5 Å². The van der Waals surface area contributed by atoms with Gasteiger partial charge in [-0.05, 0) is 56.2 Å². The number of ketones is 1. The number of methoxy groups -OCH3 is 1. The average Bonchev–Trinajstić information content (AvgIpc) is 2.65. The van der Waals surface area contributed by atoms with Crippen molar-refractivity contribution >= 4 is 29.4 Å². The van der Waals surface area contributed by atoms with Gasteiger partial charge in [0.15, 0.2) is 5.78 Å². The second kappa shape index (κ2) is 9.90. The topological polar surface area (TPSA) is 52.6 Å². The van der Waals surface area contributed by atoms with Gasteiger partial charge >= 0.3 is 5.97 Å². The highest BCUT2D eigenvalue weighted by Crippen LogP contribution is 2.34. The van der Waals surface area contributed by atoms with Crippen molar-refractivity contribution in [3.63, 3.8) is 0 Å². The molecule has 2 rings (SSSR count). The smallest absolute Gasteiger partial charge is 0.308 e. The molecule has 2 aromatic carbocycles. The first-order valence-corrected chi connectivity index (χ1v) is 9.19. The van der Waals surface area contributed by atoms with Crippen LogP contribution in [0.25, 0.3) is 6.08 Å². The van der Waals surface area contributed by atoms with Crippen LogP contribution in [0.5, 0.6) is 11.5 Å². The molecule has 5 heteroatoms. The summed E-state index contributed by atoms with van der Waals surface area (Å²) in [5, 5.41) is 0.625. The molecule has 0 fully saturated rings. The van der Waals surface area contributed by atoms with Crippen molar-refractivity contribution in [1.29, 1.82) is 0 Å². The molecule has 0 atom stereocenters. The second-order valence-electron chi connectivity index (χ2n) is 6.45. The lowest BCUT2D eigenvalue weighted by molar-refractivity contribution is -0.131. The van der Waals surface area contributed by atoms with Gasteiger partial charge in [-0.3, -0.25) is 9.59 Å². The molecule has 0 aliphatic carbocycles. The number of carbonyl (C=O) groups excluding carboxylic acids is 2. The van der Waals surface area contributed by atoms with E-state index >= 15 is 0 Å². The third-order valence-electron chi connectivity index (χ3n) is 3.96. The number of hydrogen-bond acceptors (Lipinski definition) is 4. The number of esters is 1. The zero-order chi connectivity index (χ0) is 20.7. The summed E-state index contributed by atoms with van der Waals surface area (Å²) in [6.45, 7) is 5.26. The predicted octanol–water partition coefficient (Wildman–Crippen LogP) is 5.68. The van der Waals surface area contributed by atoms with Gasteiger partial charge in [-0.15, -0.1) is 0 Å². The molecular formula is C23H23ClO4. The van der Waals surface area contributed by atoms with Gasteiger partial charge in [0.1, 0.15) is 11.5 Å². The molecule has 0 radical (unpaired) electrons. The first-order valence-electron chi connectivity index (χ1n) is 8.81. The van der Waals surface area contributed by atoms with E-state index in [0.29, 0.717) is 28.3 Å². The SMILES string of the molecule is COc1ccc(C(=O)C=Cc2ccc(Cl)cc2)c(OC(C)=O)c1CC=C(C)C. The number of allylic oxidation sites excluding steroid dienone is 3. The lowest BCUT2D eigenvalue weighted by atomic mass is 10.00. The van der Waals surface area contributed by atoms with Crippen molar-refractivity contribution in [1.82, 2.24) is 0 Å². The Balaban J connectivity index is 2.47. The van der Waals surface area contributed by atoms with Crippen LogP contribution in [-0.2, 0) is 11.2 Å². The second-order valence-corrected chi connectivity index (χ2v) is 6.89. The Kier molecular flexibility index (Phi) is 7.59. The molecule has 0 aromatic heterocycles. The van der Waals surface area contributed by atoms with Gasteiger partial charge in [-0.25, -0.2) is 0 Å². The number of halogens is 1. The summed E-state index contributed by atoms with van der Waals surface area (Å²) in [4.78, 5) is 24.5. The van der Waals surface area contributed by atoms with Crippen molar-refractivity contribution in [3.05, 3.63) is 75.8 Å². The number of hydrogen-bond donors (Lipinski definition) is 0. The molecule has 0 unspecified atom stereocenters. The third kappa shape index (κ3) is 5.83. The zero-order valence-electron chi connectivity index (χ0n) is 16.4. The van der Waals surface area contributed by atoms with Gasteiger partial charge in [0.05, 0.1) is 12.7 Å². The van der Waals surface area contributed by atoms with Crippen molar-refractivity contribution in [2.75, 3.05) is 7.11 Å². The van der Waals surface area contributed by atoms with Crippen LogP contribution in [0.3, 0.4) is 0 Å². The van der Waals surface area contributed by atoms with Crippen LogP contribution in [0.4, 0.5) is 0 Å². The molecule has 0 spiro atoms. The van der Waals surface area contributed by atoms with Gasteiger partial charge in [0.2, 0.25) is 0 Å². The van der Waals surface area contributed by atoms with E-state index in [1.807, 2.05) is 32.1 Å². The summed E-state index contributed by atoms with van der Waals surface area (Å²) in [7, 11) is 1.54. The number of benzene rings is 2. The van der Waals surface area contributed by atoms with Crippen molar-refractivity contribution < 1.29 is 19.1 Å². The standard InChI is InChI=1S/C23H23ClO4/c1-15(2)5-11-20-22(27-4)14-12-19(23(20)28-16(3)25)21(26)13-8-17-6-9-18(24)10-7-17/h5-10,12-14H,11H2,1-4H3. The summed E-state index contributed by atoms with van der Waals surface area (Å²) < 4.78 is 10.8. The van der Waals surface area contributed by atoms with Gasteiger partial charge in [-0.2, -0.15) is 0 Å². The molecule has 146 valence electrons. The van der Waals surface area contributed by atoms with Crippen LogP contribution >= 0.6 is 11.6 Å². The fourth-order valence-corrected chi connectivity index (χ4v) is 2.72. The van der Waals surface area contributed by atoms with E-state index in [-0.39, 0.29) is 11.5 Å². The highest BCUT2D eigenvalue weighted by atomic mass is 35.5. The van der Waals surface area contributed by atoms with E-state index in [4.69, 9.17) is 21.1 Å². The Hall–Kier alpha value is -2.85. The highest BCUT2D eigenvalue weighted by molar-refractivity contribution is 6.30. The molecule has 0 amide bonds. The Morgan fingerprint density at radius 1 is 1.04 bits per heavy atom. The van der Waals surface area contributed by atoms with Crippen molar-refractivity contribution in [2.45, 2.75) is 27.2 Å². The summed E-state index contributed by atoms with van der Waals surface area (Å²) in [5.74, 6) is 0.0248. The molecule has 4 nitrogen and oxygen atoms in total. The largest absolute Gasteiger partial charge is 0.496 e. The van der Waals surface area contributed by atoms with Crippen molar-refractivity contribution in [2.24, 2.45) is 0 Å². The predicted molar refractivity (Wildman–Crippen MR) is 112 cm³/mol. The monoisotopic (exact) mass is 398 g/mol. The lowest BCUT2D eigenvalue weighted by Gasteiger charge is -2.15. The Morgan fingerprint density at radius 3 is 2.29 bits per heavy atom. The Morgan fingerprint density at radius 2 is 1.71 bits per heavy atom. The van der Waals surface area contributed by atoms with Gasteiger partial charge < -0.3 is 9.47 Å². The molecule has 0 saturated heterocycles. The Bertz CT molecular complexity index is 920. The maximum atomic E-state index is 12.8. The van der Waals surface area contributed by atoms with Gasteiger partial charge in [-0.1, -0.05) is 41.5 Å². The molecule has 28 heavy (non-hydrogen) atoms. The van der Waals surface area contributed by atoms with E-state index in [1.165, 1.54) is 13.0 Å². The number of ether oxygens (including phenoxy) is 2. The molecular weight excluding hydrogens is 376 g/mol. The minimum absolute atomic E-state index is 0.232. The van der Waals surface area contributed by atoms with E-state index in [2.05, 4.69) is 0 Å². The third-order valence-corrected chi connectivity index (χ3v) is 4.21. The molecule has 0 saturated carbocycles. The average molecular weight is 399 g/mol. The molecule has 2 aromatic rings. The molecule has 0 aliphatic heterocycles. The van der Waals surface area contributed by atoms with E-state index in [9.17, 15) is 9.59 Å². The number of carbonyl (C=O) groups is 2. The van der Waals surface area contributed by atoms with Gasteiger partial charge in [0, 0.05) is 17.5 Å². The molecule has 0 N–H and O–H groups in total. The molecule has 0 heterocycles. The van der Waals surface area contributed by atoms with Crippen LogP contribution in [0.2, 0.25) is 5.02 Å². The zero-order valence-corrected chi connectivity index (χ0v) is 17.2. The molecule has 0 aliphatic rings. The fourth-order valence-electron chi connectivity index (χ4n) is 2.59. The minimum atomic E-state index is -0.498. The fraction of sp³-hybridized carbons (Fsp3) is 0.217. The van der Waals surface area contributed by atoms with Crippen LogP contribution < -0.4 is 9.47 Å². The first-order chi connectivity index (χ1) is 13.3. The van der Waals surface area contributed by atoms with Crippen LogP contribution in [0, 0.1) is 0 Å². The summed E-state index contributed by atoms with van der Waals surface area (Å²) in [5.41, 5.74) is 2.91. The first kappa shape index (κ1) is 21.5. The lowest BCUT2D eigenvalue weighted by Crippen LogP contribution is -2.10. The summed E-state index contributed by atoms with van der Waals surface area (Å²) >= 11 is 5.88. The van der Waals surface area contributed by atoms with Crippen LogP contribution in [0.1, 0.15) is 42.3 Å². The van der Waals surface area contributed by atoms with E-state index in [0.717, 1.165) is 11.1 Å². The Labute approximate surface area is 170 Å². The van der Waals surface area contributed by atoms with Crippen LogP contribution in [-0.4, -0.2) is 18.9 Å². The minimum Gasteiger partial charge on any atom is -0.496 e. The molecule has 0 bridgehead atoms. The quantitative estimate of drug-likeness (QED) is 0.198. The normalized spacial score (nSPS) is 10.6. The maximum absolute atomic E-state index is 12.8. The van der Waals surface area contributed by atoms with Crippen LogP contribution in [0.15, 0.2) is 54.1 Å². The van der Waals surface area contributed by atoms with Crippen molar-refractivity contribution in [3.8, 4) is 11.5 Å². The maximum Gasteiger partial charge on any atom is 0.308 e. The summed E-state index contributed by atoms with van der Waals surface area (Å²) in [6.07, 6.45) is 5.61.